The minimum atomic E-state index is -0.0419. The maximum absolute atomic E-state index is 12.3. The normalized spacial score (nSPS) is 17.6. The van der Waals surface area contributed by atoms with Gasteiger partial charge < -0.3 is 15.4 Å². The van der Waals surface area contributed by atoms with Crippen molar-refractivity contribution in [1.82, 2.24) is 10.3 Å². The van der Waals surface area contributed by atoms with E-state index in [9.17, 15) is 4.79 Å². The Kier molecular flexibility index (Phi) is 4.60. The molecule has 0 radical (unpaired) electrons. The maximum atomic E-state index is 12.3. The second kappa shape index (κ2) is 6.22. The van der Waals surface area contributed by atoms with Crippen LogP contribution in [0.4, 0.5) is 5.82 Å². The zero-order valence-corrected chi connectivity index (χ0v) is 12.5. The third-order valence-corrected chi connectivity index (χ3v) is 3.85. The van der Waals surface area contributed by atoms with E-state index in [2.05, 4.69) is 22.5 Å². The zero-order chi connectivity index (χ0) is 14.6. The fourth-order valence-corrected chi connectivity index (χ4v) is 2.36. The highest BCUT2D eigenvalue weighted by molar-refractivity contribution is 5.95. The molecule has 1 amide bonds. The summed E-state index contributed by atoms with van der Waals surface area (Å²) in [5, 5.41) is 6.01. The molecule has 2 rings (SSSR count). The fourth-order valence-electron chi connectivity index (χ4n) is 2.36. The van der Waals surface area contributed by atoms with Gasteiger partial charge in [-0.3, -0.25) is 4.79 Å². The van der Waals surface area contributed by atoms with Crippen molar-refractivity contribution < 1.29 is 9.53 Å². The number of nitrogens with zero attached hydrogens (tertiary/aromatic N) is 1. The highest BCUT2D eigenvalue weighted by atomic mass is 16.5. The molecule has 1 saturated heterocycles. The second-order valence-corrected chi connectivity index (χ2v) is 5.74. The molecule has 0 aliphatic carbocycles. The number of hydrogen-bond acceptors (Lipinski definition) is 4. The summed E-state index contributed by atoms with van der Waals surface area (Å²) in [6, 6.07) is 3.58. The molecule has 0 spiro atoms. The van der Waals surface area contributed by atoms with E-state index >= 15 is 0 Å². The van der Waals surface area contributed by atoms with Gasteiger partial charge in [0.15, 0.2) is 0 Å². The monoisotopic (exact) mass is 277 g/mol. The van der Waals surface area contributed by atoms with E-state index in [1.54, 1.807) is 13.1 Å². The van der Waals surface area contributed by atoms with Crippen LogP contribution in [0.15, 0.2) is 12.1 Å². The molecule has 0 saturated carbocycles. The molecule has 0 unspecified atom stereocenters. The first kappa shape index (κ1) is 14.8. The lowest BCUT2D eigenvalue weighted by molar-refractivity contribution is 0.0238. The average Bonchev–Trinajstić information content (AvgIpc) is 2.45. The first-order valence-corrected chi connectivity index (χ1v) is 7.05. The molecule has 1 aromatic heterocycles. The molecule has 5 heteroatoms. The van der Waals surface area contributed by atoms with Gasteiger partial charge in [-0.25, -0.2) is 4.98 Å². The van der Waals surface area contributed by atoms with Gasteiger partial charge in [0.25, 0.3) is 5.91 Å². The van der Waals surface area contributed by atoms with Crippen LogP contribution in [0.3, 0.4) is 0 Å². The third kappa shape index (κ3) is 3.70. The number of nitrogens with one attached hydrogen (secondary N) is 2. The number of rotatable bonds is 4. The molecule has 1 fully saturated rings. The third-order valence-electron chi connectivity index (χ3n) is 3.85. The van der Waals surface area contributed by atoms with Crippen LogP contribution >= 0.6 is 0 Å². The van der Waals surface area contributed by atoms with Gasteiger partial charge in [0.1, 0.15) is 5.82 Å². The van der Waals surface area contributed by atoms with Crippen molar-refractivity contribution in [2.75, 3.05) is 32.1 Å². The molecule has 0 bridgehead atoms. The predicted molar refractivity (Wildman–Crippen MR) is 79.0 cm³/mol. The number of carbonyl (C=O) groups excluding carboxylic acids is 1. The van der Waals surface area contributed by atoms with Crippen LogP contribution in [-0.4, -0.2) is 37.7 Å². The van der Waals surface area contributed by atoms with Crippen molar-refractivity contribution in [3.8, 4) is 0 Å². The Labute approximate surface area is 120 Å². The largest absolute Gasteiger partial charge is 0.381 e. The highest BCUT2D eigenvalue weighted by Crippen LogP contribution is 2.28. The SMILES string of the molecule is CNc1cc(C(=O)NCC2(C)CCOCC2)cc(C)n1. The van der Waals surface area contributed by atoms with E-state index in [0.717, 1.165) is 31.7 Å². The van der Waals surface area contributed by atoms with Gasteiger partial charge >= 0.3 is 0 Å². The summed E-state index contributed by atoms with van der Waals surface area (Å²) in [6.07, 6.45) is 1.98. The first-order chi connectivity index (χ1) is 9.52. The molecule has 2 heterocycles. The van der Waals surface area contributed by atoms with Crippen molar-refractivity contribution in [3.63, 3.8) is 0 Å². The number of aryl methyl sites for hydroxylation is 1. The van der Waals surface area contributed by atoms with Crippen LogP contribution in [0.1, 0.15) is 35.8 Å². The van der Waals surface area contributed by atoms with E-state index in [1.807, 2.05) is 13.0 Å². The van der Waals surface area contributed by atoms with Gasteiger partial charge in [-0.1, -0.05) is 6.92 Å². The summed E-state index contributed by atoms with van der Waals surface area (Å²) in [6.45, 7) is 6.34. The molecule has 1 aromatic rings. The van der Waals surface area contributed by atoms with Crippen molar-refractivity contribution in [3.05, 3.63) is 23.4 Å². The summed E-state index contributed by atoms with van der Waals surface area (Å²) in [7, 11) is 1.80. The lowest BCUT2D eigenvalue weighted by Crippen LogP contribution is -2.39. The van der Waals surface area contributed by atoms with Gasteiger partial charge in [0.05, 0.1) is 0 Å². The number of carbonyl (C=O) groups is 1. The molecule has 0 aromatic carbocycles. The van der Waals surface area contributed by atoms with Crippen molar-refractivity contribution in [2.24, 2.45) is 5.41 Å². The average molecular weight is 277 g/mol. The van der Waals surface area contributed by atoms with Crippen LogP contribution in [0.2, 0.25) is 0 Å². The molecule has 110 valence electrons. The number of pyridine rings is 1. The van der Waals surface area contributed by atoms with E-state index in [4.69, 9.17) is 4.74 Å². The Bertz CT molecular complexity index is 482. The van der Waals surface area contributed by atoms with Gasteiger partial charge in [-0.05, 0) is 37.3 Å². The van der Waals surface area contributed by atoms with Crippen LogP contribution in [-0.2, 0) is 4.74 Å². The summed E-state index contributed by atoms with van der Waals surface area (Å²) < 4.78 is 5.37. The number of amides is 1. The minimum absolute atomic E-state index is 0.0419. The van der Waals surface area contributed by atoms with Crippen LogP contribution < -0.4 is 10.6 Å². The van der Waals surface area contributed by atoms with Gasteiger partial charge in [0, 0.05) is 38.1 Å². The molecule has 0 atom stereocenters. The molecule has 1 aliphatic rings. The molecular weight excluding hydrogens is 254 g/mol. The molecule has 20 heavy (non-hydrogen) atoms. The Hall–Kier alpha value is -1.62. The van der Waals surface area contributed by atoms with Gasteiger partial charge in [-0.15, -0.1) is 0 Å². The van der Waals surface area contributed by atoms with Crippen LogP contribution in [0, 0.1) is 12.3 Å². The maximum Gasteiger partial charge on any atom is 0.251 e. The number of ether oxygens (including phenoxy) is 1. The van der Waals surface area contributed by atoms with Crippen LogP contribution in [0.5, 0.6) is 0 Å². The zero-order valence-electron chi connectivity index (χ0n) is 12.5. The quantitative estimate of drug-likeness (QED) is 0.883. The summed E-state index contributed by atoms with van der Waals surface area (Å²) in [5.74, 6) is 0.673. The number of hydrogen-bond donors (Lipinski definition) is 2. The summed E-state index contributed by atoms with van der Waals surface area (Å²) in [5.41, 5.74) is 1.62. The lowest BCUT2D eigenvalue weighted by atomic mass is 9.82. The van der Waals surface area contributed by atoms with E-state index in [0.29, 0.717) is 17.9 Å². The summed E-state index contributed by atoms with van der Waals surface area (Å²) >= 11 is 0. The summed E-state index contributed by atoms with van der Waals surface area (Å²) in [4.78, 5) is 16.5. The predicted octanol–water partition coefficient (Wildman–Crippen LogP) is 1.98. The van der Waals surface area contributed by atoms with Crippen molar-refractivity contribution in [1.29, 1.82) is 0 Å². The highest BCUT2D eigenvalue weighted by Gasteiger charge is 2.27. The topological polar surface area (TPSA) is 63.2 Å². The second-order valence-electron chi connectivity index (χ2n) is 5.74. The molecule has 2 N–H and O–H groups in total. The fraction of sp³-hybridized carbons (Fsp3) is 0.600. The van der Waals surface area contributed by atoms with Gasteiger partial charge in [0.2, 0.25) is 0 Å². The number of anilines is 1. The van der Waals surface area contributed by atoms with Gasteiger partial charge in [-0.2, -0.15) is 0 Å². The van der Waals surface area contributed by atoms with Crippen molar-refractivity contribution >= 4 is 11.7 Å². The Morgan fingerprint density at radius 2 is 2.10 bits per heavy atom. The minimum Gasteiger partial charge on any atom is -0.381 e. The molecular formula is C15H23N3O2. The Morgan fingerprint density at radius 1 is 1.40 bits per heavy atom. The first-order valence-electron chi connectivity index (χ1n) is 7.05. The van der Waals surface area contributed by atoms with E-state index in [-0.39, 0.29) is 11.3 Å². The lowest BCUT2D eigenvalue weighted by Gasteiger charge is -2.33. The molecule has 5 nitrogen and oxygen atoms in total. The molecule has 1 aliphatic heterocycles. The van der Waals surface area contributed by atoms with E-state index < -0.39 is 0 Å². The number of aromatic nitrogens is 1. The van der Waals surface area contributed by atoms with E-state index in [1.165, 1.54) is 0 Å². The Balaban J connectivity index is 1.99. The Morgan fingerprint density at radius 3 is 2.75 bits per heavy atom. The van der Waals surface area contributed by atoms with Crippen LogP contribution in [0.25, 0.3) is 0 Å². The van der Waals surface area contributed by atoms with Crippen molar-refractivity contribution in [2.45, 2.75) is 26.7 Å². The standard InChI is InChI=1S/C15H23N3O2/c1-11-8-12(9-13(16-3)18-11)14(19)17-10-15(2)4-6-20-7-5-15/h8-9H,4-7,10H2,1-3H3,(H,16,18)(H,17,19). The smallest absolute Gasteiger partial charge is 0.251 e.